The average Bonchev–Trinajstić information content (AvgIpc) is 3.58. The lowest BCUT2D eigenvalue weighted by Crippen LogP contribution is -2.51. The number of rotatable bonds is 5. The Kier molecular flexibility index (Phi) is 5.77. The summed E-state index contributed by atoms with van der Waals surface area (Å²) in [5.74, 6) is 0.984. The summed E-state index contributed by atoms with van der Waals surface area (Å²) in [5.41, 5.74) is 1.14. The summed E-state index contributed by atoms with van der Waals surface area (Å²) in [4.78, 5) is 29.4. The molecule has 0 spiro atoms. The van der Waals surface area contributed by atoms with E-state index in [1.807, 2.05) is 30.3 Å². The van der Waals surface area contributed by atoms with Gasteiger partial charge in [0.2, 0.25) is 11.8 Å². The third kappa shape index (κ3) is 4.70. The van der Waals surface area contributed by atoms with Crippen LogP contribution >= 0.6 is 0 Å². The van der Waals surface area contributed by atoms with Crippen LogP contribution in [-0.4, -0.2) is 53.8 Å². The predicted molar refractivity (Wildman–Crippen MR) is 105 cm³/mol. The number of hydrogen-bond acceptors (Lipinski definition) is 3. The molecular weight excluding hydrogens is 338 g/mol. The van der Waals surface area contributed by atoms with Gasteiger partial charge in [-0.05, 0) is 50.6 Å². The molecule has 1 aromatic rings. The Morgan fingerprint density at radius 3 is 2.37 bits per heavy atom. The fourth-order valence-electron chi connectivity index (χ4n) is 4.52. The second-order valence-corrected chi connectivity index (χ2v) is 8.37. The molecule has 1 N–H and O–H groups in total. The highest BCUT2D eigenvalue weighted by atomic mass is 16.2. The molecular formula is C22H31N3O2. The molecule has 4 rings (SSSR count). The minimum absolute atomic E-state index is 0.0913. The fourth-order valence-corrected chi connectivity index (χ4v) is 4.52. The standard InChI is InChI=1S/C22H31N3O2/c26-21(23-15-17-5-2-1-3-6-17)19-7-4-12-25(16-19)20-10-13-24(14-11-20)22(27)18-8-9-18/h1-3,5-6,18-20H,4,7-16H2,(H,23,26)/t19-/m0/s1. The molecule has 1 aliphatic carbocycles. The lowest BCUT2D eigenvalue weighted by molar-refractivity contribution is -0.134. The molecule has 5 nitrogen and oxygen atoms in total. The van der Waals surface area contributed by atoms with Crippen molar-refractivity contribution in [2.24, 2.45) is 11.8 Å². The molecule has 1 aromatic carbocycles. The Morgan fingerprint density at radius 2 is 1.67 bits per heavy atom. The largest absolute Gasteiger partial charge is 0.352 e. The summed E-state index contributed by atoms with van der Waals surface area (Å²) in [6.07, 6.45) is 6.35. The minimum atomic E-state index is 0.0913. The summed E-state index contributed by atoms with van der Waals surface area (Å²) in [7, 11) is 0. The van der Waals surface area contributed by atoms with Gasteiger partial charge in [-0.25, -0.2) is 0 Å². The van der Waals surface area contributed by atoms with Gasteiger partial charge in [0, 0.05) is 38.1 Å². The quantitative estimate of drug-likeness (QED) is 0.867. The van der Waals surface area contributed by atoms with Crippen LogP contribution in [0.4, 0.5) is 0 Å². The molecule has 3 aliphatic rings. The predicted octanol–water partition coefficient (Wildman–Crippen LogP) is 2.42. The zero-order chi connectivity index (χ0) is 18.6. The van der Waals surface area contributed by atoms with Crippen LogP contribution in [0, 0.1) is 11.8 Å². The van der Waals surface area contributed by atoms with Crippen molar-refractivity contribution >= 4 is 11.8 Å². The summed E-state index contributed by atoms with van der Waals surface area (Å²) in [5, 5.41) is 3.12. The molecule has 3 fully saturated rings. The van der Waals surface area contributed by atoms with E-state index in [1.54, 1.807) is 0 Å². The fraction of sp³-hybridized carbons (Fsp3) is 0.636. The Balaban J connectivity index is 1.24. The van der Waals surface area contributed by atoms with Crippen LogP contribution in [0.3, 0.4) is 0 Å². The Bertz CT molecular complexity index is 651. The third-order valence-corrected chi connectivity index (χ3v) is 6.35. The Morgan fingerprint density at radius 1 is 0.926 bits per heavy atom. The van der Waals surface area contributed by atoms with E-state index in [1.165, 1.54) is 0 Å². The molecule has 0 radical (unpaired) electrons. The monoisotopic (exact) mass is 369 g/mol. The molecule has 0 unspecified atom stereocenters. The van der Waals surface area contributed by atoms with Crippen molar-refractivity contribution < 1.29 is 9.59 Å². The lowest BCUT2D eigenvalue weighted by atomic mass is 9.93. The van der Waals surface area contributed by atoms with Crippen LogP contribution in [0.15, 0.2) is 30.3 Å². The molecule has 1 atom stereocenters. The molecule has 146 valence electrons. The summed E-state index contributed by atoms with van der Waals surface area (Å²) < 4.78 is 0. The maximum absolute atomic E-state index is 12.6. The van der Waals surface area contributed by atoms with Gasteiger partial charge in [-0.2, -0.15) is 0 Å². The SMILES string of the molecule is O=C(NCc1ccccc1)[C@H]1CCCN(C2CCN(C(=O)C3CC3)CC2)C1. The number of carbonyl (C=O) groups excluding carboxylic acids is 2. The number of nitrogens with zero attached hydrogens (tertiary/aromatic N) is 2. The van der Waals surface area contributed by atoms with Crippen molar-refractivity contribution in [2.75, 3.05) is 26.2 Å². The number of nitrogens with one attached hydrogen (secondary N) is 1. The molecule has 27 heavy (non-hydrogen) atoms. The topological polar surface area (TPSA) is 52.7 Å². The maximum Gasteiger partial charge on any atom is 0.225 e. The minimum Gasteiger partial charge on any atom is -0.352 e. The van der Waals surface area contributed by atoms with Crippen molar-refractivity contribution in [3.63, 3.8) is 0 Å². The van der Waals surface area contributed by atoms with Gasteiger partial charge in [0.15, 0.2) is 0 Å². The number of piperidine rings is 2. The summed E-state index contributed by atoms with van der Waals surface area (Å²) in [6, 6.07) is 10.6. The maximum atomic E-state index is 12.6. The second-order valence-electron chi connectivity index (χ2n) is 8.37. The van der Waals surface area contributed by atoms with Crippen LogP contribution in [0.2, 0.25) is 0 Å². The molecule has 1 saturated carbocycles. The van der Waals surface area contributed by atoms with Crippen molar-refractivity contribution in [1.29, 1.82) is 0 Å². The number of benzene rings is 1. The van der Waals surface area contributed by atoms with Crippen LogP contribution in [0.1, 0.15) is 44.1 Å². The van der Waals surface area contributed by atoms with Gasteiger partial charge < -0.3 is 10.2 Å². The second kappa shape index (κ2) is 8.42. The van der Waals surface area contributed by atoms with Gasteiger partial charge in [-0.3, -0.25) is 14.5 Å². The summed E-state index contributed by atoms with van der Waals surface area (Å²) in [6.45, 7) is 4.34. The van der Waals surface area contributed by atoms with E-state index in [4.69, 9.17) is 0 Å². The van der Waals surface area contributed by atoms with E-state index < -0.39 is 0 Å². The number of hydrogen-bond donors (Lipinski definition) is 1. The first-order valence-electron chi connectivity index (χ1n) is 10.5. The van der Waals surface area contributed by atoms with E-state index in [0.717, 1.165) is 70.3 Å². The van der Waals surface area contributed by atoms with Gasteiger partial charge in [-0.15, -0.1) is 0 Å². The van der Waals surface area contributed by atoms with Crippen LogP contribution in [0.5, 0.6) is 0 Å². The first-order valence-corrected chi connectivity index (χ1v) is 10.5. The zero-order valence-corrected chi connectivity index (χ0v) is 16.1. The molecule has 5 heteroatoms. The van der Waals surface area contributed by atoms with Crippen LogP contribution < -0.4 is 5.32 Å². The highest BCUT2D eigenvalue weighted by Gasteiger charge is 2.37. The van der Waals surface area contributed by atoms with Crippen LogP contribution in [0.25, 0.3) is 0 Å². The summed E-state index contributed by atoms with van der Waals surface area (Å²) >= 11 is 0. The molecule has 0 aromatic heterocycles. The number of carbonyl (C=O) groups is 2. The Labute approximate surface area is 162 Å². The van der Waals surface area contributed by atoms with E-state index in [2.05, 4.69) is 15.1 Å². The third-order valence-electron chi connectivity index (χ3n) is 6.35. The smallest absolute Gasteiger partial charge is 0.225 e. The first-order chi connectivity index (χ1) is 13.2. The van der Waals surface area contributed by atoms with Gasteiger partial charge in [0.25, 0.3) is 0 Å². The van der Waals surface area contributed by atoms with Crippen molar-refractivity contribution in [2.45, 2.75) is 51.1 Å². The number of likely N-dealkylation sites (tertiary alicyclic amines) is 2. The molecule has 2 saturated heterocycles. The molecule has 0 bridgehead atoms. The highest BCUT2D eigenvalue weighted by molar-refractivity contribution is 5.81. The highest BCUT2D eigenvalue weighted by Crippen LogP contribution is 2.32. The van der Waals surface area contributed by atoms with Gasteiger partial charge in [0.05, 0.1) is 5.92 Å². The first kappa shape index (κ1) is 18.5. The average molecular weight is 370 g/mol. The molecule has 2 amide bonds. The molecule has 2 aliphatic heterocycles. The van der Waals surface area contributed by atoms with Crippen molar-refractivity contribution in [3.8, 4) is 0 Å². The van der Waals surface area contributed by atoms with E-state index >= 15 is 0 Å². The number of amides is 2. The van der Waals surface area contributed by atoms with Crippen molar-refractivity contribution in [1.82, 2.24) is 15.1 Å². The van der Waals surface area contributed by atoms with Crippen molar-refractivity contribution in [3.05, 3.63) is 35.9 Å². The zero-order valence-electron chi connectivity index (χ0n) is 16.1. The van der Waals surface area contributed by atoms with E-state index in [-0.39, 0.29) is 11.8 Å². The van der Waals surface area contributed by atoms with E-state index in [0.29, 0.717) is 24.4 Å². The molecule has 2 heterocycles. The van der Waals surface area contributed by atoms with Crippen LogP contribution in [-0.2, 0) is 16.1 Å². The van der Waals surface area contributed by atoms with Gasteiger partial charge in [0.1, 0.15) is 0 Å². The Hall–Kier alpha value is -1.88. The normalized spacial score (nSPS) is 24.6. The van der Waals surface area contributed by atoms with Gasteiger partial charge in [-0.1, -0.05) is 30.3 Å². The van der Waals surface area contributed by atoms with E-state index in [9.17, 15) is 9.59 Å². The van der Waals surface area contributed by atoms with Gasteiger partial charge >= 0.3 is 0 Å². The lowest BCUT2D eigenvalue weighted by Gasteiger charge is -2.42.